The molecule has 0 aliphatic carbocycles. The third kappa shape index (κ3) is 6.05. The lowest BCUT2D eigenvalue weighted by Gasteiger charge is -2.07. The van der Waals surface area contributed by atoms with Crippen LogP contribution in [-0.4, -0.2) is 17.5 Å². The highest BCUT2D eigenvalue weighted by Crippen LogP contribution is 2.25. The molecule has 0 aliphatic heterocycles. The number of rotatable bonds is 8. The molecule has 3 rings (SSSR count). The molecule has 0 bridgehead atoms. The Kier molecular flexibility index (Phi) is 7.60. The number of halogens is 1. The topological polar surface area (TPSA) is 75.0 Å². The minimum absolute atomic E-state index is 0.0447. The van der Waals surface area contributed by atoms with E-state index in [0.717, 1.165) is 21.0 Å². The first-order chi connectivity index (χ1) is 15.0. The van der Waals surface area contributed by atoms with Gasteiger partial charge in [-0.25, -0.2) is 4.98 Å². The normalized spacial score (nSPS) is 10.9. The molecule has 5 nitrogen and oxygen atoms in total. The van der Waals surface area contributed by atoms with Gasteiger partial charge in [0, 0.05) is 28.1 Å². The molecule has 1 aromatic heterocycles. The fourth-order valence-electron chi connectivity index (χ4n) is 2.74. The quantitative estimate of drug-likeness (QED) is 0.267. The van der Waals surface area contributed by atoms with Gasteiger partial charge in [0.1, 0.15) is 24.0 Å². The number of hydrogen-bond acceptors (Lipinski definition) is 5. The largest absolute Gasteiger partial charge is 0.489 e. The van der Waals surface area contributed by atoms with Gasteiger partial charge in [-0.3, -0.25) is 10.1 Å². The van der Waals surface area contributed by atoms with Crippen LogP contribution < -0.4 is 10.1 Å². The molecule has 0 atom stereocenters. The van der Waals surface area contributed by atoms with Crippen LogP contribution in [0.5, 0.6) is 5.75 Å². The van der Waals surface area contributed by atoms with Crippen LogP contribution in [0.3, 0.4) is 0 Å². The molecule has 156 valence electrons. The molecule has 1 heterocycles. The number of anilines is 1. The first kappa shape index (κ1) is 22.3. The van der Waals surface area contributed by atoms with Crippen molar-refractivity contribution in [3.05, 3.63) is 93.5 Å². The summed E-state index contributed by atoms with van der Waals surface area (Å²) in [6.07, 6.45) is 5.49. The zero-order chi connectivity index (χ0) is 22.2. The molecule has 7 heteroatoms. The molecule has 31 heavy (non-hydrogen) atoms. The fourth-order valence-corrected chi connectivity index (χ4v) is 3.79. The maximum atomic E-state index is 12.6. The Bertz CT molecular complexity index is 1180. The van der Waals surface area contributed by atoms with E-state index in [1.807, 2.05) is 43.3 Å². The number of carbonyl (C=O) groups is 1. The highest BCUT2D eigenvalue weighted by atomic mass is 35.5. The summed E-state index contributed by atoms with van der Waals surface area (Å²) in [7, 11) is 0. The van der Waals surface area contributed by atoms with E-state index in [2.05, 4.69) is 16.9 Å². The first-order valence-electron chi connectivity index (χ1n) is 9.45. The average Bonchev–Trinajstić information content (AvgIpc) is 3.20. The van der Waals surface area contributed by atoms with E-state index in [1.54, 1.807) is 24.4 Å². The maximum Gasteiger partial charge on any atom is 0.268 e. The predicted molar refractivity (Wildman–Crippen MR) is 125 cm³/mol. The van der Waals surface area contributed by atoms with E-state index >= 15 is 0 Å². The summed E-state index contributed by atoms with van der Waals surface area (Å²) in [5.74, 6) is 0.0385. The van der Waals surface area contributed by atoms with Crippen LogP contribution >= 0.6 is 22.9 Å². The third-order valence-electron chi connectivity index (χ3n) is 4.33. The van der Waals surface area contributed by atoms with Crippen molar-refractivity contribution < 1.29 is 9.53 Å². The number of aryl methyl sites for hydroxylation is 1. The number of amides is 1. The number of benzene rings is 2. The van der Waals surface area contributed by atoms with Crippen LogP contribution in [0, 0.1) is 18.3 Å². The average molecular weight is 450 g/mol. The first-order valence-corrected chi connectivity index (χ1v) is 10.6. The minimum Gasteiger partial charge on any atom is -0.489 e. The second-order valence-corrected chi connectivity index (χ2v) is 8.18. The van der Waals surface area contributed by atoms with Gasteiger partial charge in [-0.15, -0.1) is 11.3 Å². The maximum absolute atomic E-state index is 12.6. The second kappa shape index (κ2) is 10.6. The number of thiazole rings is 1. The molecule has 0 saturated heterocycles. The third-order valence-corrected chi connectivity index (χ3v) is 5.65. The molecule has 0 aliphatic rings. The van der Waals surface area contributed by atoms with Gasteiger partial charge in [-0.05, 0) is 36.3 Å². The number of carbonyl (C=O) groups excluding carboxylic acids is 1. The van der Waals surface area contributed by atoms with Gasteiger partial charge in [-0.2, -0.15) is 5.26 Å². The molecule has 1 amide bonds. The number of nitrogens with zero attached hydrogens (tertiary/aromatic N) is 2. The smallest absolute Gasteiger partial charge is 0.268 e. The summed E-state index contributed by atoms with van der Waals surface area (Å²) in [5, 5.41) is 13.3. The molecule has 0 spiro atoms. The van der Waals surface area contributed by atoms with Crippen LogP contribution in [0.1, 0.15) is 21.6 Å². The number of ether oxygens (including phenoxy) is 1. The Morgan fingerprint density at radius 2 is 2.16 bits per heavy atom. The molecular weight excluding hydrogens is 430 g/mol. The van der Waals surface area contributed by atoms with Crippen molar-refractivity contribution >= 4 is 40.1 Å². The van der Waals surface area contributed by atoms with E-state index in [0.29, 0.717) is 29.5 Å². The van der Waals surface area contributed by atoms with E-state index in [-0.39, 0.29) is 5.57 Å². The van der Waals surface area contributed by atoms with E-state index in [4.69, 9.17) is 16.3 Å². The van der Waals surface area contributed by atoms with Gasteiger partial charge < -0.3 is 4.74 Å². The number of hydrogen-bond donors (Lipinski definition) is 1. The lowest BCUT2D eigenvalue weighted by molar-refractivity contribution is -0.112. The highest BCUT2D eigenvalue weighted by Gasteiger charge is 2.13. The van der Waals surface area contributed by atoms with Crippen LogP contribution in [0.15, 0.2) is 66.9 Å². The molecular formula is C24H20ClN3O2S. The molecule has 2 aromatic carbocycles. The molecule has 0 saturated carbocycles. The zero-order valence-electron chi connectivity index (χ0n) is 16.9. The Morgan fingerprint density at radius 1 is 1.35 bits per heavy atom. The lowest BCUT2D eigenvalue weighted by atomic mass is 10.1. The van der Waals surface area contributed by atoms with Crippen LogP contribution in [0.2, 0.25) is 5.02 Å². The molecule has 3 aromatic rings. The fraction of sp³-hybridized carbons (Fsp3) is 0.125. The Balaban J connectivity index is 1.72. The van der Waals surface area contributed by atoms with Crippen molar-refractivity contribution in [1.29, 1.82) is 5.26 Å². The summed E-state index contributed by atoms with van der Waals surface area (Å²) >= 11 is 7.55. The summed E-state index contributed by atoms with van der Waals surface area (Å²) in [4.78, 5) is 17.8. The van der Waals surface area contributed by atoms with Crippen molar-refractivity contribution in [2.24, 2.45) is 0 Å². The second-order valence-electron chi connectivity index (χ2n) is 6.65. The van der Waals surface area contributed by atoms with Gasteiger partial charge in [0.2, 0.25) is 0 Å². The summed E-state index contributed by atoms with van der Waals surface area (Å²) in [6.45, 7) is 5.91. The molecule has 0 radical (unpaired) electrons. The lowest BCUT2D eigenvalue weighted by Crippen LogP contribution is -2.13. The number of nitriles is 1. The van der Waals surface area contributed by atoms with E-state index in [9.17, 15) is 10.1 Å². The Labute approximate surface area is 190 Å². The van der Waals surface area contributed by atoms with E-state index in [1.165, 1.54) is 17.4 Å². The van der Waals surface area contributed by atoms with Crippen molar-refractivity contribution in [2.75, 3.05) is 11.9 Å². The minimum atomic E-state index is -0.527. The van der Waals surface area contributed by atoms with Crippen LogP contribution in [0.4, 0.5) is 5.13 Å². The van der Waals surface area contributed by atoms with Gasteiger partial charge in [0.05, 0.1) is 0 Å². The standard InChI is InChI=1S/C24H20ClN3O2S/c1-3-10-30-22-7-5-4-6-18(22)13-19(14-26)23(29)28-24-27-15-20(31-24)11-17-9-8-16(2)21(25)12-17/h3-9,12-13,15H,1,10-11H2,2H3,(H,27,28,29)/b19-13+. The van der Waals surface area contributed by atoms with Crippen LogP contribution in [0.25, 0.3) is 6.08 Å². The van der Waals surface area contributed by atoms with E-state index < -0.39 is 5.91 Å². The Morgan fingerprint density at radius 3 is 2.90 bits per heavy atom. The number of aromatic nitrogens is 1. The van der Waals surface area contributed by atoms with Gasteiger partial charge in [-0.1, -0.05) is 54.6 Å². The highest BCUT2D eigenvalue weighted by molar-refractivity contribution is 7.15. The van der Waals surface area contributed by atoms with Gasteiger partial charge >= 0.3 is 0 Å². The number of nitrogens with one attached hydrogen (secondary N) is 1. The summed E-state index contributed by atoms with van der Waals surface area (Å²) < 4.78 is 5.58. The van der Waals surface area contributed by atoms with Crippen molar-refractivity contribution in [2.45, 2.75) is 13.3 Å². The number of para-hydroxylation sites is 1. The van der Waals surface area contributed by atoms with Crippen LogP contribution in [-0.2, 0) is 11.2 Å². The summed E-state index contributed by atoms with van der Waals surface area (Å²) in [5.41, 5.74) is 2.67. The van der Waals surface area contributed by atoms with Crippen molar-refractivity contribution in [3.8, 4) is 11.8 Å². The van der Waals surface area contributed by atoms with Gasteiger partial charge in [0.15, 0.2) is 5.13 Å². The SMILES string of the molecule is C=CCOc1ccccc1/C=C(\C#N)C(=O)Nc1ncc(Cc2ccc(C)c(Cl)c2)s1. The molecule has 0 unspecified atom stereocenters. The molecule has 0 fully saturated rings. The Hall–Kier alpha value is -3.40. The summed E-state index contributed by atoms with van der Waals surface area (Å²) in [6, 6.07) is 15.0. The van der Waals surface area contributed by atoms with Crippen molar-refractivity contribution in [3.63, 3.8) is 0 Å². The van der Waals surface area contributed by atoms with Gasteiger partial charge in [0.25, 0.3) is 5.91 Å². The zero-order valence-corrected chi connectivity index (χ0v) is 18.5. The predicted octanol–water partition coefficient (Wildman–Crippen LogP) is 5.81. The van der Waals surface area contributed by atoms with Crippen molar-refractivity contribution in [1.82, 2.24) is 4.98 Å². The molecule has 1 N–H and O–H groups in total. The monoisotopic (exact) mass is 449 g/mol.